The summed E-state index contributed by atoms with van der Waals surface area (Å²) in [5, 5.41) is 5.59. The number of carbonyl (C=O) groups is 3. The lowest BCUT2D eigenvalue weighted by molar-refractivity contribution is -0.135. The Balaban J connectivity index is 1.73. The van der Waals surface area contributed by atoms with Gasteiger partial charge in [0.1, 0.15) is 5.82 Å². The Morgan fingerprint density at radius 1 is 1.11 bits per heavy atom. The van der Waals surface area contributed by atoms with Crippen molar-refractivity contribution in [3.05, 3.63) is 35.6 Å². The highest BCUT2D eigenvalue weighted by molar-refractivity contribution is 5.94. The minimum atomic E-state index is -0.391. The topological polar surface area (TPSA) is 105 Å². The van der Waals surface area contributed by atoms with Crippen LogP contribution in [0.5, 0.6) is 0 Å². The molecule has 4 N–H and O–H groups in total. The summed E-state index contributed by atoms with van der Waals surface area (Å²) in [6.45, 7) is 1.82. The molecule has 28 heavy (non-hydrogen) atoms. The summed E-state index contributed by atoms with van der Waals surface area (Å²) in [5.74, 6) is -0.735. The van der Waals surface area contributed by atoms with Gasteiger partial charge in [-0.15, -0.1) is 0 Å². The number of amides is 3. The predicted molar refractivity (Wildman–Crippen MR) is 104 cm³/mol. The maximum Gasteiger partial charge on any atom is 0.251 e. The number of benzene rings is 1. The monoisotopic (exact) mass is 392 g/mol. The highest BCUT2D eigenvalue weighted by atomic mass is 19.1. The molecule has 0 spiro atoms. The molecule has 1 unspecified atom stereocenters. The zero-order valence-electron chi connectivity index (χ0n) is 16.1. The Bertz CT molecular complexity index is 666. The number of nitrogens with two attached hydrogens (primary N) is 1. The van der Waals surface area contributed by atoms with Gasteiger partial charge in [-0.1, -0.05) is 0 Å². The molecule has 1 saturated heterocycles. The van der Waals surface area contributed by atoms with E-state index in [1.54, 1.807) is 0 Å². The number of halogens is 1. The molecule has 0 bridgehead atoms. The molecule has 1 fully saturated rings. The van der Waals surface area contributed by atoms with Gasteiger partial charge in [-0.2, -0.15) is 0 Å². The largest absolute Gasteiger partial charge is 0.354 e. The smallest absolute Gasteiger partial charge is 0.251 e. The van der Waals surface area contributed by atoms with Gasteiger partial charge in [0, 0.05) is 50.6 Å². The summed E-state index contributed by atoms with van der Waals surface area (Å²) in [4.78, 5) is 38.0. The minimum Gasteiger partial charge on any atom is -0.354 e. The Hall–Kier alpha value is -2.48. The van der Waals surface area contributed by atoms with Crippen molar-refractivity contribution in [2.75, 3.05) is 26.2 Å². The number of piperidine rings is 1. The summed E-state index contributed by atoms with van der Waals surface area (Å²) >= 11 is 0. The van der Waals surface area contributed by atoms with Crippen LogP contribution in [0.25, 0.3) is 0 Å². The van der Waals surface area contributed by atoms with Crippen molar-refractivity contribution in [3.8, 4) is 0 Å². The molecule has 0 aromatic heterocycles. The Kier molecular flexibility index (Phi) is 8.87. The third kappa shape index (κ3) is 6.92. The van der Waals surface area contributed by atoms with E-state index < -0.39 is 5.82 Å². The lowest BCUT2D eigenvalue weighted by Crippen LogP contribution is -2.49. The van der Waals surface area contributed by atoms with Gasteiger partial charge in [0.15, 0.2) is 0 Å². The van der Waals surface area contributed by atoms with Crippen molar-refractivity contribution >= 4 is 17.7 Å². The number of likely N-dealkylation sites (tertiary alicyclic amines) is 1. The van der Waals surface area contributed by atoms with Crippen LogP contribution in [0.2, 0.25) is 0 Å². The van der Waals surface area contributed by atoms with Crippen molar-refractivity contribution in [1.29, 1.82) is 0 Å². The lowest BCUT2D eigenvalue weighted by atomic mass is 10.0. The van der Waals surface area contributed by atoms with Gasteiger partial charge in [0.25, 0.3) is 5.91 Å². The van der Waals surface area contributed by atoms with E-state index in [0.717, 1.165) is 19.3 Å². The average Bonchev–Trinajstić information content (AvgIpc) is 2.70. The van der Waals surface area contributed by atoms with Crippen LogP contribution in [-0.2, 0) is 9.59 Å². The fourth-order valence-electron chi connectivity index (χ4n) is 3.28. The van der Waals surface area contributed by atoms with Crippen LogP contribution in [0.1, 0.15) is 48.9 Å². The van der Waals surface area contributed by atoms with Crippen LogP contribution >= 0.6 is 0 Å². The molecule has 1 aliphatic rings. The number of carbonyl (C=O) groups excluding carboxylic acids is 3. The van der Waals surface area contributed by atoms with Crippen LogP contribution in [0, 0.1) is 5.82 Å². The quantitative estimate of drug-likeness (QED) is 0.549. The minimum absolute atomic E-state index is 0.0109. The first-order valence-electron chi connectivity index (χ1n) is 9.81. The summed E-state index contributed by atoms with van der Waals surface area (Å²) in [6.07, 6.45) is 4.01. The van der Waals surface area contributed by atoms with Crippen LogP contribution in [0.15, 0.2) is 24.3 Å². The molecule has 7 nitrogen and oxygen atoms in total. The highest BCUT2D eigenvalue weighted by Gasteiger charge is 2.26. The third-order valence-corrected chi connectivity index (χ3v) is 4.81. The molecule has 8 heteroatoms. The van der Waals surface area contributed by atoms with Gasteiger partial charge in [0.05, 0.1) is 0 Å². The first-order valence-corrected chi connectivity index (χ1v) is 9.81. The van der Waals surface area contributed by atoms with E-state index in [1.807, 2.05) is 4.90 Å². The first-order chi connectivity index (χ1) is 13.5. The molecular weight excluding hydrogens is 363 g/mol. The van der Waals surface area contributed by atoms with Crippen molar-refractivity contribution in [2.24, 2.45) is 5.73 Å². The van der Waals surface area contributed by atoms with E-state index in [-0.39, 0.29) is 30.2 Å². The van der Waals surface area contributed by atoms with Gasteiger partial charge >= 0.3 is 0 Å². The zero-order valence-corrected chi connectivity index (χ0v) is 16.1. The Labute approximate surface area is 164 Å². The number of nitrogens with one attached hydrogen (secondary N) is 2. The second kappa shape index (κ2) is 11.4. The fourth-order valence-corrected chi connectivity index (χ4v) is 3.28. The molecule has 0 aliphatic carbocycles. The van der Waals surface area contributed by atoms with Crippen LogP contribution < -0.4 is 16.4 Å². The van der Waals surface area contributed by atoms with E-state index >= 15 is 0 Å². The normalized spacial score (nSPS) is 16.5. The molecule has 1 atom stereocenters. The molecule has 1 aromatic carbocycles. The molecular formula is C20H29FN4O3. The van der Waals surface area contributed by atoms with Crippen molar-refractivity contribution < 1.29 is 18.8 Å². The zero-order chi connectivity index (χ0) is 20.4. The van der Waals surface area contributed by atoms with E-state index in [9.17, 15) is 18.8 Å². The highest BCUT2D eigenvalue weighted by Crippen LogP contribution is 2.18. The second-order valence-corrected chi connectivity index (χ2v) is 6.95. The Morgan fingerprint density at radius 3 is 2.57 bits per heavy atom. The number of rotatable bonds is 9. The predicted octanol–water partition coefficient (Wildman–Crippen LogP) is 1.18. The molecule has 1 aromatic rings. The summed E-state index contributed by atoms with van der Waals surface area (Å²) in [7, 11) is 0. The van der Waals surface area contributed by atoms with E-state index in [2.05, 4.69) is 10.6 Å². The van der Waals surface area contributed by atoms with Crippen LogP contribution in [-0.4, -0.2) is 54.8 Å². The standard InChI is InChI=1S/C20H29FN4O3/c21-16-8-6-15(7-9-16)20(28)23-12-3-5-19(27)25-13-2-1-4-17(25)14-24-18(26)10-11-22/h6-9,17H,1-5,10-14,22H2,(H,23,28)(H,24,26). The number of hydrogen-bond acceptors (Lipinski definition) is 4. The first kappa shape index (κ1) is 21.8. The SMILES string of the molecule is NCCC(=O)NCC1CCCCN1C(=O)CCCNC(=O)c1ccc(F)cc1. The molecule has 1 aliphatic heterocycles. The Morgan fingerprint density at radius 2 is 1.86 bits per heavy atom. The maximum absolute atomic E-state index is 12.9. The van der Waals surface area contributed by atoms with Gasteiger partial charge < -0.3 is 21.3 Å². The molecule has 0 saturated carbocycles. The average molecular weight is 392 g/mol. The molecule has 0 radical (unpaired) electrons. The molecule has 2 rings (SSSR count). The van der Waals surface area contributed by atoms with E-state index in [0.29, 0.717) is 44.6 Å². The van der Waals surface area contributed by atoms with Crippen molar-refractivity contribution in [3.63, 3.8) is 0 Å². The summed E-state index contributed by atoms with van der Waals surface area (Å²) < 4.78 is 12.9. The maximum atomic E-state index is 12.9. The van der Waals surface area contributed by atoms with Gasteiger partial charge in [-0.25, -0.2) is 4.39 Å². The number of hydrogen-bond donors (Lipinski definition) is 3. The molecule has 3 amide bonds. The van der Waals surface area contributed by atoms with Crippen LogP contribution in [0.3, 0.4) is 0 Å². The second-order valence-electron chi connectivity index (χ2n) is 6.95. The number of nitrogens with zero attached hydrogens (tertiary/aromatic N) is 1. The van der Waals surface area contributed by atoms with Gasteiger partial charge in [0.2, 0.25) is 11.8 Å². The molecule has 1 heterocycles. The van der Waals surface area contributed by atoms with Crippen molar-refractivity contribution in [2.45, 2.75) is 44.6 Å². The third-order valence-electron chi connectivity index (χ3n) is 4.81. The lowest BCUT2D eigenvalue weighted by Gasteiger charge is -2.36. The van der Waals surface area contributed by atoms with Gasteiger partial charge in [-0.3, -0.25) is 14.4 Å². The molecule has 154 valence electrons. The summed E-state index contributed by atoms with van der Waals surface area (Å²) in [5.41, 5.74) is 5.76. The fraction of sp³-hybridized carbons (Fsp3) is 0.550. The summed E-state index contributed by atoms with van der Waals surface area (Å²) in [6, 6.07) is 5.33. The van der Waals surface area contributed by atoms with Crippen LogP contribution in [0.4, 0.5) is 4.39 Å². The van der Waals surface area contributed by atoms with Gasteiger partial charge in [-0.05, 0) is 49.9 Å². The van der Waals surface area contributed by atoms with Crippen molar-refractivity contribution in [1.82, 2.24) is 15.5 Å². The van der Waals surface area contributed by atoms with E-state index in [4.69, 9.17) is 5.73 Å². The van der Waals surface area contributed by atoms with E-state index in [1.165, 1.54) is 24.3 Å².